The van der Waals surface area contributed by atoms with Crippen molar-refractivity contribution in [1.29, 1.82) is 0 Å². The van der Waals surface area contributed by atoms with E-state index in [1.54, 1.807) is 0 Å². The molecule has 1 rings (SSSR count). The number of amides is 2. The van der Waals surface area contributed by atoms with Crippen LogP contribution in [0.1, 0.15) is 10.4 Å². The summed E-state index contributed by atoms with van der Waals surface area (Å²) in [4.78, 5) is 22.0. The van der Waals surface area contributed by atoms with E-state index in [-0.39, 0.29) is 17.8 Å². The molecule has 0 radical (unpaired) electrons. The van der Waals surface area contributed by atoms with Crippen LogP contribution >= 0.6 is 0 Å². The summed E-state index contributed by atoms with van der Waals surface area (Å²) in [6, 6.07) is 3.32. The van der Waals surface area contributed by atoms with Crippen molar-refractivity contribution in [2.75, 3.05) is 12.3 Å². The Balaban J connectivity index is 2.70. The number of aliphatic hydroxyl groups excluding tert-OH is 1. The highest BCUT2D eigenvalue weighted by atomic mass is 19.1. The first-order chi connectivity index (χ1) is 7.91. The monoisotopic (exact) mass is 241 g/mol. The highest BCUT2D eigenvalue weighted by Gasteiger charge is 2.15. The molecule has 17 heavy (non-hydrogen) atoms. The Morgan fingerprint density at radius 1 is 1.47 bits per heavy atom. The molecule has 6 N–H and O–H groups in total. The summed E-state index contributed by atoms with van der Waals surface area (Å²) >= 11 is 0. The lowest BCUT2D eigenvalue weighted by atomic mass is 10.1. The van der Waals surface area contributed by atoms with Crippen molar-refractivity contribution in [1.82, 2.24) is 5.32 Å². The van der Waals surface area contributed by atoms with E-state index in [9.17, 15) is 14.0 Å². The van der Waals surface area contributed by atoms with Crippen molar-refractivity contribution in [3.05, 3.63) is 29.6 Å². The van der Waals surface area contributed by atoms with Gasteiger partial charge in [-0.25, -0.2) is 4.39 Å². The highest BCUT2D eigenvalue weighted by molar-refractivity contribution is 5.99. The Bertz CT molecular complexity index is 450. The molecule has 1 aromatic carbocycles. The molecule has 0 aromatic heterocycles. The number of rotatable bonds is 4. The van der Waals surface area contributed by atoms with Crippen molar-refractivity contribution in [2.24, 2.45) is 5.73 Å². The van der Waals surface area contributed by atoms with Gasteiger partial charge in [0.1, 0.15) is 11.9 Å². The minimum absolute atomic E-state index is 0.0679. The molecule has 1 atom stereocenters. The van der Waals surface area contributed by atoms with E-state index in [1.807, 2.05) is 0 Å². The standard InChI is InChI=1S/C10H12FN3O3/c11-5-1-2-7(12)6(3-5)10(17)14-4-8(15)9(13)16/h1-3,8,15H,4,12H2,(H2,13,16)(H,14,17). The third-order valence-electron chi connectivity index (χ3n) is 2.04. The Morgan fingerprint density at radius 3 is 2.71 bits per heavy atom. The van der Waals surface area contributed by atoms with E-state index in [4.69, 9.17) is 16.6 Å². The molecule has 0 spiro atoms. The Kier molecular flexibility index (Phi) is 4.00. The van der Waals surface area contributed by atoms with Crippen LogP contribution in [0.3, 0.4) is 0 Å². The first kappa shape index (κ1) is 12.9. The molecule has 0 fully saturated rings. The van der Waals surface area contributed by atoms with Gasteiger partial charge in [-0.2, -0.15) is 0 Å². The average Bonchev–Trinajstić information content (AvgIpc) is 2.28. The minimum atomic E-state index is -1.49. The Morgan fingerprint density at radius 2 is 2.12 bits per heavy atom. The fraction of sp³-hybridized carbons (Fsp3) is 0.200. The number of nitrogens with one attached hydrogen (secondary N) is 1. The summed E-state index contributed by atoms with van der Waals surface area (Å²) in [5, 5.41) is 11.3. The number of hydrogen-bond donors (Lipinski definition) is 4. The number of carbonyl (C=O) groups excluding carboxylic acids is 2. The van der Waals surface area contributed by atoms with E-state index in [1.165, 1.54) is 6.07 Å². The van der Waals surface area contributed by atoms with E-state index in [2.05, 4.69) is 5.32 Å². The molecule has 0 saturated carbocycles. The van der Waals surface area contributed by atoms with Crippen LogP contribution in [0.15, 0.2) is 18.2 Å². The molecule has 1 aromatic rings. The van der Waals surface area contributed by atoms with Gasteiger partial charge in [0, 0.05) is 5.69 Å². The van der Waals surface area contributed by atoms with Gasteiger partial charge in [0.15, 0.2) is 0 Å². The number of nitrogens with two attached hydrogens (primary N) is 2. The summed E-state index contributed by atoms with van der Waals surface area (Å²) in [7, 11) is 0. The number of carbonyl (C=O) groups is 2. The lowest BCUT2D eigenvalue weighted by molar-refractivity contribution is -0.125. The van der Waals surface area contributed by atoms with Crippen LogP contribution in [0.2, 0.25) is 0 Å². The number of nitrogen functional groups attached to an aromatic ring is 1. The maximum Gasteiger partial charge on any atom is 0.253 e. The molecule has 0 aliphatic rings. The van der Waals surface area contributed by atoms with Crippen LogP contribution in [-0.2, 0) is 4.79 Å². The van der Waals surface area contributed by atoms with Crippen molar-refractivity contribution in [3.8, 4) is 0 Å². The Hall–Kier alpha value is -2.15. The van der Waals surface area contributed by atoms with Crippen LogP contribution in [0.4, 0.5) is 10.1 Å². The lowest BCUT2D eigenvalue weighted by Gasteiger charge is -2.09. The zero-order valence-electron chi connectivity index (χ0n) is 8.81. The molecule has 0 bridgehead atoms. The quantitative estimate of drug-likeness (QED) is 0.505. The maximum absolute atomic E-state index is 12.9. The smallest absolute Gasteiger partial charge is 0.253 e. The largest absolute Gasteiger partial charge is 0.398 e. The first-order valence-corrected chi connectivity index (χ1v) is 4.72. The van der Waals surface area contributed by atoms with E-state index < -0.39 is 23.7 Å². The van der Waals surface area contributed by atoms with Gasteiger partial charge in [0.05, 0.1) is 12.1 Å². The van der Waals surface area contributed by atoms with E-state index >= 15 is 0 Å². The number of halogens is 1. The molecular formula is C10H12FN3O3. The molecule has 0 aliphatic heterocycles. The maximum atomic E-state index is 12.9. The number of aliphatic hydroxyl groups is 1. The fourth-order valence-corrected chi connectivity index (χ4v) is 1.11. The van der Waals surface area contributed by atoms with Crippen LogP contribution in [-0.4, -0.2) is 29.6 Å². The molecule has 1 unspecified atom stereocenters. The zero-order valence-corrected chi connectivity index (χ0v) is 8.81. The van der Waals surface area contributed by atoms with Gasteiger partial charge in [-0.15, -0.1) is 0 Å². The lowest BCUT2D eigenvalue weighted by Crippen LogP contribution is -2.40. The topological polar surface area (TPSA) is 118 Å². The fourth-order valence-electron chi connectivity index (χ4n) is 1.11. The molecule has 92 valence electrons. The number of benzene rings is 1. The second-order valence-corrected chi connectivity index (χ2v) is 3.36. The number of primary amides is 1. The highest BCUT2D eigenvalue weighted by Crippen LogP contribution is 2.12. The third kappa shape index (κ3) is 3.42. The zero-order chi connectivity index (χ0) is 13.0. The van der Waals surface area contributed by atoms with E-state index in [0.717, 1.165) is 12.1 Å². The van der Waals surface area contributed by atoms with Crippen LogP contribution < -0.4 is 16.8 Å². The van der Waals surface area contributed by atoms with Gasteiger partial charge < -0.3 is 21.9 Å². The predicted molar refractivity (Wildman–Crippen MR) is 58.3 cm³/mol. The van der Waals surface area contributed by atoms with Crippen molar-refractivity contribution >= 4 is 17.5 Å². The summed E-state index contributed by atoms with van der Waals surface area (Å²) in [6.45, 7) is -0.357. The third-order valence-corrected chi connectivity index (χ3v) is 2.04. The molecule has 0 heterocycles. The molecule has 2 amide bonds. The number of hydrogen-bond acceptors (Lipinski definition) is 4. The Labute approximate surface area is 96.4 Å². The van der Waals surface area contributed by atoms with Crippen LogP contribution in [0.5, 0.6) is 0 Å². The first-order valence-electron chi connectivity index (χ1n) is 4.72. The van der Waals surface area contributed by atoms with Gasteiger partial charge in [-0.05, 0) is 18.2 Å². The number of anilines is 1. The van der Waals surface area contributed by atoms with E-state index in [0.29, 0.717) is 0 Å². The molecule has 6 nitrogen and oxygen atoms in total. The average molecular weight is 241 g/mol. The molecular weight excluding hydrogens is 229 g/mol. The molecule has 0 saturated heterocycles. The predicted octanol–water partition coefficient (Wildman–Crippen LogP) is -1.02. The van der Waals surface area contributed by atoms with Crippen molar-refractivity contribution in [3.63, 3.8) is 0 Å². The summed E-state index contributed by atoms with van der Waals surface area (Å²) in [6.07, 6.45) is -1.49. The van der Waals surface area contributed by atoms with Crippen molar-refractivity contribution < 1.29 is 19.1 Å². The van der Waals surface area contributed by atoms with Crippen LogP contribution in [0, 0.1) is 5.82 Å². The van der Waals surface area contributed by atoms with Gasteiger partial charge in [-0.1, -0.05) is 0 Å². The van der Waals surface area contributed by atoms with Crippen LogP contribution in [0.25, 0.3) is 0 Å². The van der Waals surface area contributed by atoms with Gasteiger partial charge in [0.2, 0.25) is 5.91 Å². The van der Waals surface area contributed by atoms with Crippen molar-refractivity contribution in [2.45, 2.75) is 6.10 Å². The SMILES string of the molecule is NC(=O)C(O)CNC(=O)c1cc(F)ccc1N. The summed E-state index contributed by atoms with van der Waals surface area (Å²) in [5.41, 5.74) is 10.3. The summed E-state index contributed by atoms with van der Waals surface area (Å²) in [5.74, 6) is -2.26. The van der Waals surface area contributed by atoms with Gasteiger partial charge >= 0.3 is 0 Å². The summed E-state index contributed by atoms with van der Waals surface area (Å²) < 4.78 is 12.9. The van der Waals surface area contributed by atoms with Gasteiger partial charge in [-0.3, -0.25) is 9.59 Å². The minimum Gasteiger partial charge on any atom is -0.398 e. The normalized spacial score (nSPS) is 11.9. The second kappa shape index (κ2) is 5.26. The van der Waals surface area contributed by atoms with Gasteiger partial charge in [0.25, 0.3) is 5.91 Å². The molecule has 0 aliphatic carbocycles. The second-order valence-electron chi connectivity index (χ2n) is 3.36. The molecule has 7 heteroatoms.